The molecule has 27 nitrogen and oxygen atoms in total. The quantitative estimate of drug-likeness (QED) is 0.0354. The monoisotopic (exact) mass is 1300 g/mol. The summed E-state index contributed by atoms with van der Waals surface area (Å²) in [6.07, 6.45) is -3.06. The molecule has 12 heterocycles. The number of carbonyl (C=O) groups excluding carboxylic acids is 6. The number of Topliss-reactive ketones (excluding diaryl/α,β-unsaturated/α-hetero) is 2. The van der Waals surface area contributed by atoms with Gasteiger partial charge in [0, 0.05) is 70.9 Å². The van der Waals surface area contributed by atoms with Crippen molar-refractivity contribution in [3.63, 3.8) is 0 Å². The van der Waals surface area contributed by atoms with Crippen molar-refractivity contribution >= 4 is 87.5 Å². The SMILES string of the molecule is O=C(CCC(F)(F)F)c1ccc2c(n1)N(C(=O)Nc1cnc(OC[C@@H](O)CO)cn1)[C@H]1CCN2C1.O=C(CCC(F)F)c1ccc2c(n1)N(C(=O)Nc1ccccn1)[C@H]1CCN2C1.O=C(NCC(F)(F)CO)c1ccc2c(n1)N(C(=O)Nc1ccccn1)[C@H]1CCN2C1. The number of hydrogen-bond acceptors (Lipinski definition) is 20. The number of urea groups is 3. The maximum absolute atomic E-state index is 13.2. The van der Waals surface area contributed by atoms with Crippen molar-refractivity contribution in [1.29, 1.82) is 0 Å². The fourth-order valence-electron chi connectivity index (χ4n) is 11.0. The first-order valence-corrected chi connectivity index (χ1v) is 29.4. The molecule has 6 aromatic rings. The average molecular weight is 1300 g/mol. The van der Waals surface area contributed by atoms with E-state index in [0.717, 1.165) is 31.6 Å². The van der Waals surface area contributed by atoms with E-state index in [9.17, 15) is 64.6 Å². The van der Waals surface area contributed by atoms with E-state index in [4.69, 9.17) is 14.9 Å². The molecule has 0 aromatic carbocycles. The molecule has 0 spiro atoms. The van der Waals surface area contributed by atoms with E-state index < -0.39 is 93.2 Å². The van der Waals surface area contributed by atoms with Crippen LogP contribution in [0.4, 0.5) is 97.1 Å². The summed E-state index contributed by atoms with van der Waals surface area (Å²) in [6.45, 7) is 1.01. The number of hydrogen-bond donors (Lipinski definition) is 7. The molecular formula is C59H62F7N17O10. The zero-order valence-electron chi connectivity index (χ0n) is 49.3. The molecule has 0 unspecified atom stereocenters. The maximum Gasteiger partial charge on any atom is 0.389 e. The minimum atomic E-state index is -4.46. The van der Waals surface area contributed by atoms with Crippen LogP contribution in [0.2, 0.25) is 0 Å². The molecule has 0 aliphatic carbocycles. The van der Waals surface area contributed by atoms with Gasteiger partial charge in [-0.25, -0.2) is 66.8 Å². The number of aliphatic hydroxyl groups is 3. The lowest BCUT2D eigenvalue weighted by atomic mass is 10.1. The van der Waals surface area contributed by atoms with Crippen molar-refractivity contribution in [3.8, 4) is 5.88 Å². The minimum absolute atomic E-state index is 0.0740. The smallest absolute Gasteiger partial charge is 0.389 e. The van der Waals surface area contributed by atoms with Crippen LogP contribution in [0.25, 0.3) is 0 Å². The lowest BCUT2D eigenvalue weighted by Gasteiger charge is -2.35. The van der Waals surface area contributed by atoms with Gasteiger partial charge in [0.2, 0.25) is 12.3 Å². The molecule has 3 fully saturated rings. The van der Waals surface area contributed by atoms with Crippen molar-refractivity contribution < 1.29 is 79.6 Å². The number of rotatable bonds is 18. The number of fused-ring (bicyclic) bond motifs is 12. The molecule has 0 saturated carbocycles. The van der Waals surface area contributed by atoms with Gasteiger partial charge >= 0.3 is 24.3 Å². The Balaban J connectivity index is 0.000000154. The zero-order valence-corrected chi connectivity index (χ0v) is 49.3. The molecule has 6 bridgehead atoms. The van der Waals surface area contributed by atoms with Gasteiger partial charge in [0.05, 0.1) is 67.2 Å². The highest BCUT2D eigenvalue weighted by Crippen LogP contribution is 2.42. The van der Waals surface area contributed by atoms with Crippen LogP contribution in [0.3, 0.4) is 0 Å². The zero-order chi connectivity index (χ0) is 66.1. The molecule has 93 heavy (non-hydrogen) atoms. The van der Waals surface area contributed by atoms with Crippen LogP contribution in [0.15, 0.2) is 97.6 Å². The van der Waals surface area contributed by atoms with E-state index in [1.807, 2.05) is 4.90 Å². The standard InChI is InChI=1S/C21H23F3N6O5.C19H20F2N6O3.C19H19F2N5O2/c22-21(23,24)5-3-16(33)14-1-2-15-19(27-14)30(12-4-6-29(15)9-12)20(34)28-17-7-26-18(8-25-17)35-11-13(32)10-31;20-19(21,11-28)10-23-17(29)13-4-5-14-16(24-13)27(12-6-8-26(14)9-12)18(30)25-15-3-1-2-7-22-15;20-16(21)7-6-15(27)13-4-5-14-18(23-13)26(12-8-10-25(14)11-12)19(28)24-17-3-1-2-9-22-17/h1-2,7-8,12-13,31-32H,3-6,9-11H2,(H,25,28,34);1-5,7,12,28H,6,8-11H2,(H,23,29)(H,22,25,30);1-5,9,12,16H,6-8,10-11H2,(H,22,24,28)/t12-,13-;2*12-/m000/s1. The molecule has 4 atom stereocenters. The number of amides is 7. The first-order valence-electron chi connectivity index (χ1n) is 29.4. The topological polar surface area (TPSA) is 330 Å². The number of anilines is 9. The molecule has 3 saturated heterocycles. The van der Waals surface area contributed by atoms with Crippen LogP contribution < -0.4 is 55.4 Å². The summed E-state index contributed by atoms with van der Waals surface area (Å²) in [5.41, 5.74) is 1.92. The van der Waals surface area contributed by atoms with Gasteiger partial charge in [-0.05, 0) is 79.9 Å². The number of halogens is 7. The molecule has 6 aliphatic rings. The second-order valence-corrected chi connectivity index (χ2v) is 22.1. The number of pyridine rings is 5. The van der Waals surface area contributed by atoms with Gasteiger partial charge in [-0.15, -0.1) is 0 Å². The minimum Gasteiger partial charge on any atom is -0.474 e. The summed E-state index contributed by atoms with van der Waals surface area (Å²) in [6, 6.07) is 17.8. The predicted molar refractivity (Wildman–Crippen MR) is 322 cm³/mol. The Morgan fingerprint density at radius 3 is 1.46 bits per heavy atom. The normalized spacial score (nSPS) is 17.6. The number of aliphatic hydroxyl groups excluding tert-OH is 3. The van der Waals surface area contributed by atoms with E-state index in [2.05, 4.69) is 66.0 Å². The Kier molecular flexibility index (Phi) is 20.4. The molecule has 6 aromatic heterocycles. The highest BCUT2D eigenvalue weighted by Gasteiger charge is 2.44. The first kappa shape index (κ1) is 66.0. The lowest BCUT2D eigenvalue weighted by molar-refractivity contribution is -0.133. The van der Waals surface area contributed by atoms with Gasteiger partial charge in [-0.1, -0.05) is 12.1 Å². The van der Waals surface area contributed by atoms with E-state index in [1.165, 1.54) is 34.3 Å². The summed E-state index contributed by atoms with van der Waals surface area (Å²) >= 11 is 0. The van der Waals surface area contributed by atoms with Crippen LogP contribution in [0.5, 0.6) is 5.88 Å². The van der Waals surface area contributed by atoms with E-state index in [1.54, 1.807) is 78.0 Å². The van der Waals surface area contributed by atoms with Crippen LogP contribution in [0.1, 0.15) is 76.4 Å². The van der Waals surface area contributed by atoms with Crippen molar-refractivity contribution in [1.82, 2.24) is 40.2 Å². The van der Waals surface area contributed by atoms with E-state index in [-0.39, 0.29) is 71.8 Å². The summed E-state index contributed by atoms with van der Waals surface area (Å²) in [4.78, 5) is 116. The summed E-state index contributed by atoms with van der Waals surface area (Å²) in [5.74, 6) is -3.62. The van der Waals surface area contributed by atoms with Crippen molar-refractivity contribution in [2.24, 2.45) is 0 Å². The number of nitrogens with zero attached hydrogens (tertiary/aromatic N) is 13. The third-order valence-electron chi connectivity index (χ3n) is 15.6. The molecular weight excluding hydrogens is 1240 g/mol. The summed E-state index contributed by atoms with van der Waals surface area (Å²) in [7, 11) is 0. The number of ether oxygens (including phenoxy) is 1. The van der Waals surface area contributed by atoms with Gasteiger partial charge in [0.25, 0.3) is 11.8 Å². The fraction of sp³-hybridized carbons (Fsp3) is 0.407. The molecule has 7 amide bonds. The fourth-order valence-corrected chi connectivity index (χ4v) is 11.0. The Morgan fingerprint density at radius 1 is 0.581 bits per heavy atom. The molecule has 492 valence electrons. The number of aromatic nitrogens is 7. The molecule has 34 heteroatoms. The number of carbonyl (C=O) groups is 6. The summed E-state index contributed by atoms with van der Waals surface area (Å²) in [5, 5.41) is 36.9. The van der Waals surface area contributed by atoms with Crippen molar-refractivity contribution in [3.05, 3.63) is 115 Å². The van der Waals surface area contributed by atoms with Gasteiger partial charge in [-0.3, -0.25) is 45.0 Å². The highest BCUT2D eigenvalue weighted by molar-refractivity contribution is 6.07. The van der Waals surface area contributed by atoms with Gasteiger partial charge in [0.15, 0.2) is 34.8 Å². The number of nitrogens with one attached hydrogen (secondary N) is 4. The molecule has 6 aliphatic heterocycles. The second kappa shape index (κ2) is 28.7. The van der Waals surface area contributed by atoms with E-state index in [0.29, 0.717) is 67.2 Å². The van der Waals surface area contributed by atoms with Crippen LogP contribution in [-0.2, 0) is 0 Å². The Hall–Kier alpha value is -9.96. The molecule has 0 radical (unpaired) electrons. The Bertz CT molecular complexity index is 3680. The lowest BCUT2D eigenvalue weighted by Crippen LogP contribution is -2.48. The van der Waals surface area contributed by atoms with Gasteiger partial charge in [0.1, 0.15) is 48.0 Å². The number of alkyl halides is 7. The highest BCUT2D eigenvalue weighted by atomic mass is 19.4. The number of ketones is 2. The van der Waals surface area contributed by atoms with Crippen LogP contribution >= 0.6 is 0 Å². The van der Waals surface area contributed by atoms with Crippen LogP contribution in [0, 0.1) is 0 Å². The average Bonchev–Trinajstić information content (AvgIpc) is 1.71. The first-order chi connectivity index (χ1) is 44.5. The van der Waals surface area contributed by atoms with Gasteiger partial charge in [-0.2, -0.15) is 13.2 Å². The Morgan fingerprint density at radius 2 is 1.04 bits per heavy atom. The van der Waals surface area contributed by atoms with Gasteiger partial charge < -0.3 is 40.1 Å². The Labute approximate surface area is 525 Å². The van der Waals surface area contributed by atoms with Crippen molar-refractivity contribution in [2.45, 2.75) is 87.7 Å². The largest absolute Gasteiger partial charge is 0.474 e. The molecule has 12 rings (SSSR count). The van der Waals surface area contributed by atoms with Crippen LogP contribution in [-0.4, -0.2) is 194 Å². The molecule has 7 N–H and O–H groups in total. The predicted octanol–water partition coefficient (Wildman–Crippen LogP) is 6.56. The summed E-state index contributed by atoms with van der Waals surface area (Å²) < 4.78 is 94.1. The van der Waals surface area contributed by atoms with E-state index >= 15 is 0 Å². The maximum atomic E-state index is 13.2. The van der Waals surface area contributed by atoms with Crippen molar-refractivity contribution in [2.75, 3.05) is 111 Å². The second-order valence-electron chi connectivity index (χ2n) is 22.1. The third kappa shape index (κ3) is 16.0. The third-order valence-corrected chi connectivity index (χ3v) is 15.6.